The zero-order valence-electron chi connectivity index (χ0n) is 12.0. The summed E-state index contributed by atoms with van der Waals surface area (Å²) < 4.78 is 11.2. The minimum Gasteiger partial charge on any atom is -0.491 e. The second kappa shape index (κ2) is 7.26. The van der Waals surface area contributed by atoms with Crippen molar-refractivity contribution in [1.29, 1.82) is 0 Å². The summed E-state index contributed by atoms with van der Waals surface area (Å²) in [5, 5.41) is 6.00. The molecule has 2 N–H and O–H groups in total. The number of nitrogens with one attached hydrogen (secondary N) is 2. The van der Waals surface area contributed by atoms with E-state index in [0.717, 1.165) is 24.4 Å². The van der Waals surface area contributed by atoms with Gasteiger partial charge in [-0.1, -0.05) is 13.0 Å². The number of ether oxygens (including phenoxy) is 2. The highest BCUT2D eigenvalue weighted by molar-refractivity contribution is 5.94. The van der Waals surface area contributed by atoms with Crippen molar-refractivity contribution in [2.24, 2.45) is 0 Å². The standard InChI is InChI=1S/C15H22N2O3/c1-3-11(2)20-13-6-4-5-12(9-13)17-15(18)14-10-16-7-8-19-14/h4-6,9,11,14,16H,3,7-8,10H2,1-2H3,(H,17,18). The molecule has 5 nitrogen and oxygen atoms in total. The van der Waals surface area contributed by atoms with Crippen molar-refractivity contribution in [2.45, 2.75) is 32.5 Å². The molecule has 5 heteroatoms. The van der Waals surface area contributed by atoms with E-state index in [1.165, 1.54) is 0 Å². The molecule has 1 amide bonds. The molecule has 0 bridgehead atoms. The first kappa shape index (κ1) is 14.8. The van der Waals surface area contributed by atoms with Gasteiger partial charge in [0.1, 0.15) is 11.9 Å². The van der Waals surface area contributed by atoms with Crippen molar-refractivity contribution in [1.82, 2.24) is 5.32 Å². The van der Waals surface area contributed by atoms with Crippen LogP contribution in [0.15, 0.2) is 24.3 Å². The molecule has 0 saturated carbocycles. The molecule has 1 aliphatic rings. The summed E-state index contributed by atoms with van der Waals surface area (Å²) >= 11 is 0. The number of rotatable bonds is 5. The highest BCUT2D eigenvalue weighted by Gasteiger charge is 2.21. The highest BCUT2D eigenvalue weighted by atomic mass is 16.5. The number of carbonyl (C=O) groups excluding carboxylic acids is 1. The molecule has 0 spiro atoms. The lowest BCUT2D eigenvalue weighted by atomic mass is 10.2. The van der Waals surface area contributed by atoms with Gasteiger partial charge in [-0.15, -0.1) is 0 Å². The van der Waals surface area contributed by atoms with Gasteiger partial charge in [-0.05, 0) is 25.5 Å². The summed E-state index contributed by atoms with van der Waals surface area (Å²) in [5.74, 6) is 0.637. The Hall–Kier alpha value is -1.59. The topological polar surface area (TPSA) is 59.6 Å². The molecule has 20 heavy (non-hydrogen) atoms. The van der Waals surface area contributed by atoms with E-state index >= 15 is 0 Å². The van der Waals surface area contributed by atoms with Crippen LogP contribution < -0.4 is 15.4 Å². The van der Waals surface area contributed by atoms with Crippen LogP contribution in [0.1, 0.15) is 20.3 Å². The molecular weight excluding hydrogens is 256 g/mol. The normalized spacial score (nSPS) is 20.2. The van der Waals surface area contributed by atoms with E-state index in [4.69, 9.17) is 9.47 Å². The van der Waals surface area contributed by atoms with E-state index in [1.807, 2.05) is 31.2 Å². The Morgan fingerprint density at radius 2 is 2.45 bits per heavy atom. The molecule has 0 radical (unpaired) electrons. The van der Waals surface area contributed by atoms with Crippen LogP contribution in [0.4, 0.5) is 5.69 Å². The summed E-state index contributed by atoms with van der Waals surface area (Å²) in [6, 6.07) is 7.44. The van der Waals surface area contributed by atoms with Crippen LogP contribution in [0.5, 0.6) is 5.75 Å². The van der Waals surface area contributed by atoms with E-state index < -0.39 is 6.10 Å². The number of benzene rings is 1. The largest absolute Gasteiger partial charge is 0.491 e. The summed E-state index contributed by atoms with van der Waals surface area (Å²) in [7, 11) is 0. The Balaban J connectivity index is 1.94. The number of hydrogen-bond donors (Lipinski definition) is 2. The Kier molecular flexibility index (Phi) is 5.38. The quantitative estimate of drug-likeness (QED) is 0.862. The molecule has 1 aromatic rings. The van der Waals surface area contributed by atoms with Crippen molar-refractivity contribution >= 4 is 11.6 Å². The van der Waals surface area contributed by atoms with Crippen LogP contribution >= 0.6 is 0 Å². The molecule has 1 aromatic carbocycles. The van der Waals surface area contributed by atoms with Gasteiger partial charge >= 0.3 is 0 Å². The van der Waals surface area contributed by atoms with Gasteiger partial charge in [0.15, 0.2) is 0 Å². The molecule has 0 aliphatic carbocycles. The third-order valence-corrected chi connectivity index (χ3v) is 3.23. The third kappa shape index (κ3) is 4.21. The molecule has 0 aromatic heterocycles. The molecule has 110 valence electrons. The van der Waals surface area contributed by atoms with E-state index in [1.54, 1.807) is 0 Å². The molecule has 1 saturated heterocycles. The predicted octanol–water partition coefficient (Wildman–Crippen LogP) is 1.79. The first-order valence-corrected chi connectivity index (χ1v) is 7.09. The first-order chi connectivity index (χ1) is 9.69. The smallest absolute Gasteiger partial charge is 0.254 e. The van der Waals surface area contributed by atoms with E-state index in [0.29, 0.717) is 13.2 Å². The molecule has 1 heterocycles. The Bertz CT molecular complexity index is 444. The van der Waals surface area contributed by atoms with Crippen LogP contribution in [0.2, 0.25) is 0 Å². The van der Waals surface area contributed by atoms with Crippen molar-refractivity contribution < 1.29 is 14.3 Å². The molecule has 1 fully saturated rings. The van der Waals surface area contributed by atoms with E-state index in [-0.39, 0.29) is 12.0 Å². The van der Waals surface area contributed by atoms with Crippen LogP contribution in [-0.2, 0) is 9.53 Å². The second-order valence-electron chi connectivity index (χ2n) is 4.92. The van der Waals surface area contributed by atoms with Gasteiger partial charge in [0.2, 0.25) is 0 Å². The highest BCUT2D eigenvalue weighted by Crippen LogP contribution is 2.19. The average molecular weight is 278 g/mol. The number of carbonyl (C=O) groups is 1. The average Bonchev–Trinajstić information content (AvgIpc) is 2.48. The van der Waals surface area contributed by atoms with Gasteiger partial charge in [-0.3, -0.25) is 4.79 Å². The maximum Gasteiger partial charge on any atom is 0.254 e. The SMILES string of the molecule is CCC(C)Oc1cccc(NC(=O)C2CNCCO2)c1. The van der Waals surface area contributed by atoms with Crippen molar-refractivity contribution in [3.05, 3.63) is 24.3 Å². The maximum absolute atomic E-state index is 12.0. The van der Waals surface area contributed by atoms with Crippen molar-refractivity contribution in [3.8, 4) is 5.75 Å². The Morgan fingerprint density at radius 3 is 3.15 bits per heavy atom. The van der Waals surface area contributed by atoms with Crippen molar-refractivity contribution in [2.75, 3.05) is 25.0 Å². The zero-order chi connectivity index (χ0) is 14.4. The second-order valence-corrected chi connectivity index (χ2v) is 4.92. The molecular formula is C15H22N2O3. The zero-order valence-corrected chi connectivity index (χ0v) is 12.0. The Morgan fingerprint density at radius 1 is 1.60 bits per heavy atom. The number of hydrogen-bond acceptors (Lipinski definition) is 4. The molecule has 2 unspecified atom stereocenters. The van der Waals surface area contributed by atoms with Crippen molar-refractivity contribution in [3.63, 3.8) is 0 Å². The lowest BCUT2D eigenvalue weighted by Crippen LogP contribution is -2.45. The lowest BCUT2D eigenvalue weighted by molar-refractivity contribution is -0.128. The summed E-state index contributed by atoms with van der Waals surface area (Å²) in [5.41, 5.74) is 0.727. The molecule has 1 aliphatic heterocycles. The number of morpholine rings is 1. The van der Waals surface area contributed by atoms with Gasteiger partial charge in [0.25, 0.3) is 5.91 Å². The summed E-state index contributed by atoms with van der Waals surface area (Å²) in [4.78, 5) is 12.0. The fraction of sp³-hybridized carbons (Fsp3) is 0.533. The van der Waals surface area contributed by atoms with E-state index in [2.05, 4.69) is 17.6 Å². The van der Waals surface area contributed by atoms with Gasteiger partial charge in [-0.25, -0.2) is 0 Å². The minimum absolute atomic E-state index is 0.127. The van der Waals surface area contributed by atoms with Gasteiger partial charge in [0.05, 0.1) is 12.7 Å². The molecule has 2 atom stereocenters. The maximum atomic E-state index is 12.0. The van der Waals surface area contributed by atoms with Crippen LogP contribution in [0.25, 0.3) is 0 Å². The van der Waals surface area contributed by atoms with Gasteiger partial charge < -0.3 is 20.1 Å². The third-order valence-electron chi connectivity index (χ3n) is 3.23. The number of amides is 1. The van der Waals surface area contributed by atoms with Gasteiger partial charge in [0, 0.05) is 24.8 Å². The molecule has 2 rings (SSSR count). The monoisotopic (exact) mass is 278 g/mol. The van der Waals surface area contributed by atoms with Gasteiger partial charge in [-0.2, -0.15) is 0 Å². The summed E-state index contributed by atoms with van der Waals surface area (Å²) in [6.07, 6.45) is 0.674. The summed E-state index contributed by atoms with van der Waals surface area (Å²) in [6.45, 7) is 6.00. The number of anilines is 1. The fourth-order valence-corrected chi connectivity index (χ4v) is 1.92. The van der Waals surface area contributed by atoms with Crippen LogP contribution in [0, 0.1) is 0 Å². The predicted molar refractivity (Wildman–Crippen MR) is 78.1 cm³/mol. The Labute approximate surface area is 119 Å². The fourth-order valence-electron chi connectivity index (χ4n) is 1.92. The van der Waals surface area contributed by atoms with Crippen LogP contribution in [0.3, 0.4) is 0 Å². The first-order valence-electron chi connectivity index (χ1n) is 7.09. The van der Waals surface area contributed by atoms with E-state index in [9.17, 15) is 4.79 Å². The lowest BCUT2D eigenvalue weighted by Gasteiger charge is -2.22. The minimum atomic E-state index is -0.428. The van der Waals surface area contributed by atoms with Crippen LogP contribution in [-0.4, -0.2) is 37.8 Å².